The number of aliphatic hydroxyl groups excluding tert-OH is 1. The van der Waals surface area contributed by atoms with Gasteiger partial charge in [0.1, 0.15) is 5.76 Å². The van der Waals surface area contributed by atoms with Crippen molar-refractivity contribution >= 4 is 34.7 Å². The van der Waals surface area contributed by atoms with Crippen molar-refractivity contribution in [3.63, 3.8) is 0 Å². The van der Waals surface area contributed by atoms with Gasteiger partial charge in [0.25, 0.3) is 11.7 Å². The number of aliphatic hydroxyl groups is 1. The Hall–Kier alpha value is -2.83. The van der Waals surface area contributed by atoms with Gasteiger partial charge in [-0.1, -0.05) is 23.7 Å². The van der Waals surface area contributed by atoms with Gasteiger partial charge in [0.05, 0.1) is 17.7 Å². The minimum atomic E-state index is -0.688. The molecule has 1 amide bonds. The topological polar surface area (TPSA) is 70.1 Å². The lowest BCUT2D eigenvalue weighted by Gasteiger charge is -2.28. The molecule has 7 heteroatoms. The number of benzene rings is 2. The molecule has 162 valence electrons. The summed E-state index contributed by atoms with van der Waals surface area (Å²) in [5.41, 5.74) is 2.29. The van der Waals surface area contributed by atoms with Gasteiger partial charge in [0.15, 0.2) is 0 Å². The van der Waals surface area contributed by atoms with Crippen LogP contribution in [0, 0.1) is 0 Å². The molecule has 2 fully saturated rings. The molecule has 2 saturated heterocycles. The molecule has 2 aliphatic heterocycles. The van der Waals surface area contributed by atoms with Crippen LogP contribution in [0.25, 0.3) is 5.76 Å². The van der Waals surface area contributed by atoms with E-state index < -0.39 is 17.7 Å². The number of ketones is 1. The summed E-state index contributed by atoms with van der Waals surface area (Å²) in [6, 6.07) is 13.5. The van der Waals surface area contributed by atoms with E-state index in [2.05, 4.69) is 0 Å². The predicted molar refractivity (Wildman–Crippen MR) is 120 cm³/mol. The van der Waals surface area contributed by atoms with E-state index in [1.165, 1.54) is 4.90 Å². The number of anilines is 1. The van der Waals surface area contributed by atoms with Gasteiger partial charge in [-0.05, 0) is 54.8 Å². The lowest BCUT2D eigenvalue weighted by molar-refractivity contribution is -0.140. The van der Waals surface area contributed by atoms with Gasteiger partial charge in [0, 0.05) is 43.5 Å². The molecule has 2 unspecified atom stereocenters. The number of amides is 1. The lowest BCUT2D eigenvalue weighted by Crippen LogP contribution is -2.36. The smallest absolute Gasteiger partial charge is 0.295 e. The lowest BCUT2D eigenvalue weighted by atomic mass is 9.95. The van der Waals surface area contributed by atoms with Crippen LogP contribution in [0.4, 0.5) is 5.69 Å². The highest BCUT2D eigenvalue weighted by Gasteiger charge is 2.47. The Kier molecular flexibility index (Phi) is 6.03. The number of hydrogen-bond donors (Lipinski definition) is 1. The van der Waals surface area contributed by atoms with Crippen molar-refractivity contribution in [2.75, 3.05) is 32.1 Å². The van der Waals surface area contributed by atoms with E-state index >= 15 is 0 Å². The predicted octanol–water partition coefficient (Wildman–Crippen LogP) is 4.01. The van der Waals surface area contributed by atoms with E-state index in [1.807, 2.05) is 43.3 Å². The van der Waals surface area contributed by atoms with E-state index in [-0.39, 0.29) is 17.4 Å². The largest absolute Gasteiger partial charge is 0.507 e. The normalized spacial score (nSPS) is 22.9. The fraction of sp³-hybridized carbons (Fsp3) is 0.333. The quantitative estimate of drug-likeness (QED) is 0.432. The molecule has 0 aromatic heterocycles. The fourth-order valence-corrected chi connectivity index (χ4v) is 4.27. The van der Waals surface area contributed by atoms with Crippen molar-refractivity contribution in [3.8, 4) is 0 Å². The maximum atomic E-state index is 13.0. The summed E-state index contributed by atoms with van der Waals surface area (Å²) in [7, 11) is 3.89. The maximum Gasteiger partial charge on any atom is 0.295 e. The van der Waals surface area contributed by atoms with Crippen molar-refractivity contribution in [1.29, 1.82) is 0 Å². The van der Waals surface area contributed by atoms with Gasteiger partial charge < -0.3 is 19.6 Å². The van der Waals surface area contributed by atoms with E-state index in [0.29, 0.717) is 23.7 Å². The van der Waals surface area contributed by atoms with Gasteiger partial charge in [0.2, 0.25) is 0 Å². The van der Waals surface area contributed by atoms with E-state index in [4.69, 9.17) is 16.3 Å². The number of carbonyl (C=O) groups excluding carboxylic acids is 2. The highest BCUT2D eigenvalue weighted by molar-refractivity contribution is 6.46. The van der Waals surface area contributed by atoms with E-state index in [0.717, 1.165) is 24.1 Å². The Morgan fingerprint density at radius 3 is 2.39 bits per heavy atom. The first kappa shape index (κ1) is 21.4. The average molecular weight is 441 g/mol. The van der Waals surface area contributed by atoms with Gasteiger partial charge in [-0.15, -0.1) is 0 Å². The number of rotatable bonds is 5. The maximum absolute atomic E-state index is 13.0. The molecular formula is C24H25ClN2O4. The van der Waals surface area contributed by atoms with Crippen LogP contribution >= 0.6 is 11.6 Å². The van der Waals surface area contributed by atoms with Crippen LogP contribution in [0.1, 0.15) is 30.0 Å². The molecule has 6 nitrogen and oxygen atoms in total. The average Bonchev–Trinajstić information content (AvgIpc) is 3.36. The highest BCUT2D eigenvalue weighted by Crippen LogP contribution is 2.40. The summed E-state index contributed by atoms with van der Waals surface area (Å²) < 4.78 is 5.72. The molecule has 2 aliphatic rings. The summed E-state index contributed by atoms with van der Waals surface area (Å²) in [5, 5.41) is 11.6. The Labute approximate surface area is 186 Å². The third-order valence-electron chi connectivity index (χ3n) is 5.81. The summed E-state index contributed by atoms with van der Waals surface area (Å²) in [6.07, 6.45) is 1.66. The van der Waals surface area contributed by atoms with E-state index in [1.54, 1.807) is 24.3 Å². The summed E-state index contributed by atoms with van der Waals surface area (Å²) in [5.74, 6) is -1.51. The molecule has 0 radical (unpaired) electrons. The Bertz CT molecular complexity index is 1010. The van der Waals surface area contributed by atoms with Gasteiger partial charge >= 0.3 is 0 Å². The van der Waals surface area contributed by atoms with Crippen molar-refractivity contribution in [3.05, 3.63) is 70.3 Å². The zero-order valence-corrected chi connectivity index (χ0v) is 18.3. The number of carbonyl (C=O) groups is 2. The molecule has 2 atom stereocenters. The number of nitrogens with zero attached hydrogens (tertiary/aromatic N) is 2. The van der Waals surface area contributed by atoms with Gasteiger partial charge in [-0.2, -0.15) is 0 Å². The Balaban J connectivity index is 1.80. The first-order chi connectivity index (χ1) is 14.9. The van der Waals surface area contributed by atoms with Crippen LogP contribution in [0.3, 0.4) is 0 Å². The molecule has 0 bridgehead atoms. The Morgan fingerprint density at radius 2 is 1.81 bits per heavy atom. The molecule has 31 heavy (non-hydrogen) atoms. The monoisotopic (exact) mass is 440 g/mol. The number of hydrogen-bond acceptors (Lipinski definition) is 5. The first-order valence-electron chi connectivity index (χ1n) is 10.3. The zero-order valence-electron chi connectivity index (χ0n) is 17.5. The number of ether oxygens (including phenoxy) is 1. The standard InChI is InChI=1S/C24H25ClN2O4/c1-26(2)18-11-7-15(8-12-18)21-20(22(28)16-5-9-17(25)10-6-16)23(29)24(30)27(21)14-19-4-3-13-31-19/h5-12,19,21,28H,3-4,13-14H2,1-2H3/b22-20+. The molecule has 2 heterocycles. The second kappa shape index (κ2) is 8.73. The third-order valence-corrected chi connectivity index (χ3v) is 6.06. The minimum absolute atomic E-state index is 0.0860. The van der Waals surface area contributed by atoms with Crippen LogP contribution in [-0.4, -0.2) is 55.0 Å². The van der Waals surface area contributed by atoms with Crippen molar-refractivity contribution in [2.45, 2.75) is 25.0 Å². The van der Waals surface area contributed by atoms with Crippen molar-refractivity contribution in [2.24, 2.45) is 0 Å². The minimum Gasteiger partial charge on any atom is -0.507 e. The van der Waals surface area contributed by atoms with Crippen molar-refractivity contribution < 1.29 is 19.4 Å². The number of Topliss-reactive ketones (excluding diaryl/α,β-unsaturated/α-hetero) is 1. The molecule has 2 aromatic rings. The van der Waals surface area contributed by atoms with E-state index in [9.17, 15) is 14.7 Å². The summed E-state index contributed by atoms with van der Waals surface area (Å²) in [6.45, 7) is 0.962. The SMILES string of the molecule is CN(C)c1ccc(C2/C(=C(\O)c3ccc(Cl)cc3)C(=O)C(=O)N2CC2CCCO2)cc1. The second-order valence-electron chi connectivity index (χ2n) is 8.08. The van der Waals surface area contributed by atoms with Gasteiger partial charge in [-0.25, -0.2) is 0 Å². The highest BCUT2D eigenvalue weighted by atomic mass is 35.5. The molecule has 0 saturated carbocycles. The molecule has 4 rings (SSSR count). The van der Waals surface area contributed by atoms with Crippen LogP contribution in [0.5, 0.6) is 0 Å². The molecular weight excluding hydrogens is 416 g/mol. The zero-order chi connectivity index (χ0) is 22.1. The molecule has 2 aromatic carbocycles. The molecule has 0 spiro atoms. The summed E-state index contributed by atoms with van der Waals surface area (Å²) in [4.78, 5) is 29.5. The van der Waals surface area contributed by atoms with Crippen molar-refractivity contribution in [1.82, 2.24) is 4.90 Å². The number of halogens is 1. The fourth-order valence-electron chi connectivity index (χ4n) is 4.14. The summed E-state index contributed by atoms with van der Waals surface area (Å²) >= 11 is 5.97. The molecule has 0 aliphatic carbocycles. The van der Waals surface area contributed by atoms with Crippen LogP contribution < -0.4 is 4.90 Å². The van der Waals surface area contributed by atoms with Gasteiger partial charge in [-0.3, -0.25) is 9.59 Å². The number of likely N-dealkylation sites (tertiary alicyclic amines) is 1. The van der Waals surface area contributed by atoms with Crippen LogP contribution in [0.15, 0.2) is 54.1 Å². The van der Waals surface area contributed by atoms with Crippen LogP contribution in [-0.2, 0) is 14.3 Å². The second-order valence-corrected chi connectivity index (χ2v) is 8.52. The first-order valence-corrected chi connectivity index (χ1v) is 10.7. The third kappa shape index (κ3) is 4.18. The Morgan fingerprint density at radius 1 is 1.13 bits per heavy atom. The molecule has 1 N–H and O–H groups in total. The van der Waals surface area contributed by atoms with Crippen LogP contribution in [0.2, 0.25) is 5.02 Å².